The molecule has 132 valence electrons. The second-order valence-electron chi connectivity index (χ2n) is 6.62. The zero-order valence-electron chi connectivity index (χ0n) is 15.1. The van der Waals surface area contributed by atoms with Gasteiger partial charge in [-0.05, 0) is 64.8 Å². The SMILES string of the molecule is CCOC(=O)C1CCN(CC(=O)Nc2c(C)cc(C)cc2C)CC1. The van der Waals surface area contributed by atoms with Crippen LogP contribution in [-0.2, 0) is 14.3 Å². The predicted octanol–water partition coefficient (Wildman–Crippen LogP) is 2.83. The summed E-state index contributed by atoms with van der Waals surface area (Å²) in [6.45, 7) is 10.2. The van der Waals surface area contributed by atoms with Gasteiger partial charge in [-0.15, -0.1) is 0 Å². The van der Waals surface area contributed by atoms with Crippen molar-refractivity contribution in [1.29, 1.82) is 0 Å². The van der Waals surface area contributed by atoms with E-state index in [0.29, 0.717) is 13.2 Å². The van der Waals surface area contributed by atoms with Gasteiger partial charge in [0.25, 0.3) is 0 Å². The number of carbonyl (C=O) groups is 2. The van der Waals surface area contributed by atoms with E-state index in [9.17, 15) is 9.59 Å². The van der Waals surface area contributed by atoms with Gasteiger partial charge in [0.2, 0.25) is 5.91 Å². The maximum Gasteiger partial charge on any atom is 0.309 e. The fourth-order valence-corrected chi connectivity index (χ4v) is 3.35. The van der Waals surface area contributed by atoms with Crippen molar-refractivity contribution in [1.82, 2.24) is 4.90 Å². The Bertz CT molecular complexity index is 582. The molecule has 1 heterocycles. The Morgan fingerprint density at radius 3 is 2.29 bits per heavy atom. The van der Waals surface area contributed by atoms with Crippen LogP contribution < -0.4 is 5.32 Å². The predicted molar refractivity (Wildman–Crippen MR) is 95.1 cm³/mol. The van der Waals surface area contributed by atoms with E-state index in [1.54, 1.807) is 0 Å². The molecule has 1 amide bonds. The van der Waals surface area contributed by atoms with E-state index < -0.39 is 0 Å². The highest BCUT2D eigenvalue weighted by atomic mass is 16.5. The lowest BCUT2D eigenvalue weighted by atomic mass is 9.97. The molecule has 1 fully saturated rings. The molecule has 0 bridgehead atoms. The lowest BCUT2D eigenvalue weighted by molar-refractivity contribution is -0.149. The van der Waals surface area contributed by atoms with Crippen LogP contribution in [0.5, 0.6) is 0 Å². The monoisotopic (exact) mass is 332 g/mol. The summed E-state index contributed by atoms with van der Waals surface area (Å²) in [6.07, 6.45) is 1.52. The van der Waals surface area contributed by atoms with Gasteiger partial charge in [0, 0.05) is 5.69 Å². The number of aryl methyl sites for hydroxylation is 3. The highest BCUT2D eigenvalue weighted by Gasteiger charge is 2.26. The van der Waals surface area contributed by atoms with Crippen LogP contribution in [0.1, 0.15) is 36.5 Å². The van der Waals surface area contributed by atoms with Crippen molar-refractivity contribution in [2.45, 2.75) is 40.5 Å². The molecule has 24 heavy (non-hydrogen) atoms. The van der Waals surface area contributed by atoms with Gasteiger partial charge in [-0.3, -0.25) is 14.5 Å². The van der Waals surface area contributed by atoms with Gasteiger partial charge in [0.15, 0.2) is 0 Å². The van der Waals surface area contributed by atoms with Crippen molar-refractivity contribution < 1.29 is 14.3 Å². The summed E-state index contributed by atoms with van der Waals surface area (Å²) in [6, 6.07) is 4.15. The Balaban J connectivity index is 1.85. The zero-order chi connectivity index (χ0) is 17.7. The van der Waals surface area contributed by atoms with Gasteiger partial charge >= 0.3 is 5.97 Å². The molecule has 5 heteroatoms. The van der Waals surface area contributed by atoms with Crippen molar-refractivity contribution in [2.24, 2.45) is 5.92 Å². The maximum absolute atomic E-state index is 12.3. The number of hydrogen-bond acceptors (Lipinski definition) is 4. The Kier molecular flexibility index (Phi) is 6.37. The van der Waals surface area contributed by atoms with Crippen LogP contribution in [0.15, 0.2) is 12.1 Å². The standard InChI is InChI=1S/C19H28N2O3/c1-5-24-19(23)16-6-8-21(9-7-16)12-17(22)20-18-14(3)10-13(2)11-15(18)4/h10-11,16H,5-9,12H2,1-4H3,(H,20,22). The average molecular weight is 332 g/mol. The summed E-state index contributed by atoms with van der Waals surface area (Å²) < 4.78 is 5.08. The molecule has 1 saturated heterocycles. The van der Waals surface area contributed by atoms with Crippen LogP contribution >= 0.6 is 0 Å². The number of esters is 1. The molecule has 0 aliphatic carbocycles. The molecule has 1 N–H and O–H groups in total. The number of carbonyl (C=O) groups excluding carboxylic acids is 2. The normalized spacial score (nSPS) is 16.0. The van der Waals surface area contributed by atoms with Gasteiger partial charge in [0.1, 0.15) is 0 Å². The quantitative estimate of drug-likeness (QED) is 0.843. The minimum atomic E-state index is -0.104. The fraction of sp³-hybridized carbons (Fsp3) is 0.579. The number of rotatable bonds is 5. The first kappa shape index (κ1) is 18.5. The smallest absolute Gasteiger partial charge is 0.309 e. The van der Waals surface area contributed by atoms with Crippen molar-refractivity contribution in [3.8, 4) is 0 Å². The van der Waals surface area contributed by atoms with Crippen molar-refractivity contribution in [3.05, 3.63) is 28.8 Å². The van der Waals surface area contributed by atoms with Crippen LogP contribution in [0.3, 0.4) is 0 Å². The molecule has 1 aliphatic rings. The van der Waals surface area contributed by atoms with Crippen LogP contribution in [0.4, 0.5) is 5.69 Å². The van der Waals surface area contributed by atoms with E-state index in [-0.39, 0.29) is 17.8 Å². The van der Waals surface area contributed by atoms with Crippen molar-refractivity contribution >= 4 is 17.6 Å². The number of benzene rings is 1. The van der Waals surface area contributed by atoms with E-state index in [4.69, 9.17) is 4.74 Å². The van der Waals surface area contributed by atoms with Crippen LogP contribution in [0.25, 0.3) is 0 Å². The summed E-state index contributed by atoms with van der Waals surface area (Å²) in [5, 5.41) is 3.04. The van der Waals surface area contributed by atoms with Crippen LogP contribution in [0.2, 0.25) is 0 Å². The van der Waals surface area contributed by atoms with E-state index in [1.165, 1.54) is 5.56 Å². The number of hydrogen-bond donors (Lipinski definition) is 1. The first-order valence-electron chi connectivity index (χ1n) is 8.67. The molecule has 5 nitrogen and oxygen atoms in total. The van der Waals surface area contributed by atoms with Gasteiger partial charge < -0.3 is 10.1 Å². The molecule has 1 aromatic rings. The molecular weight excluding hydrogens is 304 g/mol. The highest BCUT2D eigenvalue weighted by Crippen LogP contribution is 2.22. The third-order valence-corrected chi connectivity index (χ3v) is 4.52. The molecule has 1 aliphatic heterocycles. The number of nitrogens with one attached hydrogen (secondary N) is 1. The van der Waals surface area contributed by atoms with E-state index in [2.05, 4.69) is 29.3 Å². The molecule has 0 saturated carbocycles. The first-order chi connectivity index (χ1) is 11.4. The maximum atomic E-state index is 12.3. The molecule has 2 rings (SSSR count). The summed E-state index contributed by atoms with van der Waals surface area (Å²) in [5.41, 5.74) is 4.28. The minimum absolute atomic E-state index is 0.000335. The van der Waals surface area contributed by atoms with Gasteiger partial charge in [0.05, 0.1) is 19.1 Å². The highest BCUT2D eigenvalue weighted by molar-refractivity contribution is 5.93. The number of piperidine rings is 1. The molecular formula is C19H28N2O3. The lowest BCUT2D eigenvalue weighted by Crippen LogP contribution is -2.41. The summed E-state index contributed by atoms with van der Waals surface area (Å²) >= 11 is 0. The second kappa shape index (κ2) is 8.29. The summed E-state index contributed by atoms with van der Waals surface area (Å²) in [5.74, 6) is -0.127. The number of ether oxygens (including phenoxy) is 1. The molecule has 1 aromatic carbocycles. The van der Waals surface area contributed by atoms with Gasteiger partial charge in [-0.1, -0.05) is 17.7 Å². The molecule has 0 unspecified atom stereocenters. The number of anilines is 1. The topological polar surface area (TPSA) is 58.6 Å². The zero-order valence-corrected chi connectivity index (χ0v) is 15.1. The van der Waals surface area contributed by atoms with Crippen molar-refractivity contribution in [3.63, 3.8) is 0 Å². The van der Waals surface area contributed by atoms with E-state index in [0.717, 1.165) is 42.7 Å². The fourth-order valence-electron chi connectivity index (χ4n) is 3.35. The molecule has 0 atom stereocenters. The van der Waals surface area contributed by atoms with Crippen LogP contribution in [-0.4, -0.2) is 43.0 Å². The van der Waals surface area contributed by atoms with Gasteiger partial charge in [-0.2, -0.15) is 0 Å². The minimum Gasteiger partial charge on any atom is -0.466 e. The van der Waals surface area contributed by atoms with E-state index in [1.807, 2.05) is 20.8 Å². The molecule has 0 radical (unpaired) electrons. The number of nitrogens with zero attached hydrogens (tertiary/aromatic N) is 1. The Labute approximate surface area is 144 Å². The summed E-state index contributed by atoms with van der Waals surface area (Å²) in [7, 11) is 0. The molecule has 0 spiro atoms. The Morgan fingerprint density at radius 1 is 1.17 bits per heavy atom. The average Bonchev–Trinajstić information content (AvgIpc) is 2.52. The lowest BCUT2D eigenvalue weighted by Gasteiger charge is -2.30. The van der Waals surface area contributed by atoms with E-state index >= 15 is 0 Å². The second-order valence-corrected chi connectivity index (χ2v) is 6.62. The van der Waals surface area contributed by atoms with Crippen LogP contribution in [0, 0.1) is 26.7 Å². The largest absolute Gasteiger partial charge is 0.466 e. The Hall–Kier alpha value is -1.88. The number of likely N-dealkylation sites (tertiary alicyclic amines) is 1. The summed E-state index contributed by atoms with van der Waals surface area (Å²) in [4.78, 5) is 26.2. The third kappa shape index (κ3) is 4.81. The Morgan fingerprint density at radius 2 is 1.75 bits per heavy atom. The van der Waals surface area contributed by atoms with Gasteiger partial charge in [-0.25, -0.2) is 0 Å². The molecule has 0 aromatic heterocycles. The third-order valence-electron chi connectivity index (χ3n) is 4.52. The van der Waals surface area contributed by atoms with Crippen molar-refractivity contribution in [2.75, 3.05) is 31.6 Å². The first-order valence-corrected chi connectivity index (χ1v) is 8.67. The number of amides is 1.